The summed E-state index contributed by atoms with van der Waals surface area (Å²) in [6.07, 6.45) is -1.50. The van der Waals surface area contributed by atoms with Crippen molar-refractivity contribution in [1.82, 2.24) is 0 Å². The highest BCUT2D eigenvalue weighted by Gasteiger charge is 2.57. The summed E-state index contributed by atoms with van der Waals surface area (Å²) in [5.41, 5.74) is -1.38. The van der Waals surface area contributed by atoms with Crippen LogP contribution >= 0.6 is 0 Å². The molecule has 1 rings (SSSR count). The molecule has 0 bridgehead atoms. The number of hydrogen-bond acceptors (Lipinski definition) is 3. The van der Waals surface area contributed by atoms with Crippen LogP contribution in [0, 0.1) is 0 Å². The van der Waals surface area contributed by atoms with Gasteiger partial charge < -0.3 is 9.84 Å². The summed E-state index contributed by atoms with van der Waals surface area (Å²) in [5, 5.41) is 9.10. The number of halogens is 3. The van der Waals surface area contributed by atoms with Crippen molar-refractivity contribution in [2.24, 2.45) is 0 Å². The van der Waals surface area contributed by atoms with Gasteiger partial charge in [-0.1, -0.05) is 36.9 Å². The van der Waals surface area contributed by atoms with E-state index in [9.17, 15) is 18.0 Å². The Morgan fingerprint density at radius 2 is 1.86 bits per heavy atom. The van der Waals surface area contributed by atoms with E-state index in [0.717, 1.165) is 17.5 Å². The Labute approximate surface area is 127 Å². The third-order valence-corrected chi connectivity index (χ3v) is 3.26. The van der Waals surface area contributed by atoms with Crippen LogP contribution in [0.25, 0.3) is 6.08 Å². The second kappa shape index (κ2) is 7.45. The Bertz CT molecular complexity index is 504. The highest BCUT2D eigenvalue weighted by molar-refractivity contribution is 5.79. The molecule has 0 radical (unpaired) electrons. The molecule has 6 heteroatoms. The number of aryl methyl sites for hydroxylation is 1. The molecular formula is C16H19F3O3. The maximum atomic E-state index is 12.4. The molecule has 122 valence electrons. The molecule has 0 aromatic heterocycles. The lowest BCUT2D eigenvalue weighted by atomic mass is 10.1. The van der Waals surface area contributed by atoms with Gasteiger partial charge in [0, 0.05) is 0 Å². The van der Waals surface area contributed by atoms with Gasteiger partial charge in [-0.2, -0.15) is 13.2 Å². The Balaban J connectivity index is 2.30. The first kappa shape index (κ1) is 18.2. The van der Waals surface area contributed by atoms with Crippen LogP contribution in [0.1, 0.15) is 30.9 Å². The van der Waals surface area contributed by atoms with Gasteiger partial charge in [-0.25, -0.2) is 4.79 Å². The van der Waals surface area contributed by atoms with Crippen molar-refractivity contribution in [2.75, 3.05) is 6.61 Å². The molecule has 0 amide bonds. The van der Waals surface area contributed by atoms with Gasteiger partial charge in [0.15, 0.2) is 0 Å². The minimum absolute atomic E-state index is 0.157. The van der Waals surface area contributed by atoms with E-state index in [0.29, 0.717) is 19.8 Å². The van der Waals surface area contributed by atoms with Crippen LogP contribution in [0.15, 0.2) is 30.8 Å². The van der Waals surface area contributed by atoms with Crippen LogP contribution in [0.3, 0.4) is 0 Å². The third kappa shape index (κ3) is 4.87. The van der Waals surface area contributed by atoms with Crippen LogP contribution < -0.4 is 0 Å². The maximum Gasteiger partial charge on any atom is 0.427 e. The van der Waals surface area contributed by atoms with Gasteiger partial charge in [-0.05, 0) is 37.3 Å². The molecule has 0 aliphatic rings. The van der Waals surface area contributed by atoms with Crippen LogP contribution in [0.5, 0.6) is 0 Å². The van der Waals surface area contributed by atoms with Crippen molar-refractivity contribution in [3.63, 3.8) is 0 Å². The van der Waals surface area contributed by atoms with Gasteiger partial charge >= 0.3 is 12.1 Å². The van der Waals surface area contributed by atoms with E-state index in [4.69, 9.17) is 5.11 Å². The summed E-state index contributed by atoms with van der Waals surface area (Å²) in [4.78, 5) is 11.2. The summed E-state index contributed by atoms with van der Waals surface area (Å²) in [7, 11) is 0. The number of rotatable bonds is 7. The van der Waals surface area contributed by atoms with Crippen molar-refractivity contribution >= 4 is 12.0 Å². The smallest absolute Gasteiger partial charge is 0.427 e. The van der Waals surface area contributed by atoms with Gasteiger partial charge in [-0.3, -0.25) is 0 Å². The number of alkyl halides is 3. The van der Waals surface area contributed by atoms with E-state index in [2.05, 4.69) is 11.3 Å². The Hall–Kier alpha value is -1.82. The zero-order chi connectivity index (χ0) is 16.8. The predicted molar refractivity (Wildman–Crippen MR) is 77.1 cm³/mol. The van der Waals surface area contributed by atoms with Crippen molar-refractivity contribution in [2.45, 2.75) is 38.0 Å². The van der Waals surface area contributed by atoms with E-state index in [1.54, 1.807) is 6.08 Å². The molecule has 3 nitrogen and oxygen atoms in total. The van der Waals surface area contributed by atoms with E-state index in [1.807, 2.05) is 24.3 Å². The van der Waals surface area contributed by atoms with Gasteiger partial charge in [0.2, 0.25) is 0 Å². The zero-order valence-electron chi connectivity index (χ0n) is 12.3. The van der Waals surface area contributed by atoms with Gasteiger partial charge in [0.1, 0.15) is 0 Å². The lowest BCUT2D eigenvalue weighted by Gasteiger charge is -2.23. The number of esters is 1. The Morgan fingerprint density at radius 3 is 2.36 bits per heavy atom. The molecule has 22 heavy (non-hydrogen) atoms. The number of carbonyl (C=O) groups is 1. The molecule has 0 saturated heterocycles. The first-order chi connectivity index (χ1) is 10.2. The Kier molecular flexibility index (Phi) is 6.17. The van der Waals surface area contributed by atoms with Crippen LogP contribution in [-0.4, -0.2) is 29.5 Å². The number of benzene rings is 1. The minimum atomic E-state index is -5.04. The van der Waals surface area contributed by atoms with E-state index < -0.39 is 17.7 Å². The van der Waals surface area contributed by atoms with Crippen LogP contribution in [-0.2, 0) is 16.0 Å². The molecular weight excluding hydrogens is 297 g/mol. The maximum absolute atomic E-state index is 12.4. The number of hydrogen-bond donors (Lipinski definition) is 1. The van der Waals surface area contributed by atoms with E-state index in [-0.39, 0.29) is 6.61 Å². The minimum Gasteiger partial charge on any atom is -0.463 e. The van der Waals surface area contributed by atoms with Gasteiger partial charge in [0.25, 0.3) is 5.60 Å². The predicted octanol–water partition coefficient (Wildman–Crippen LogP) is 3.51. The van der Waals surface area contributed by atoms with Crippen molar-refractivity contribution in [3.8, 4) is 0 Å². The molecule has 1 aromatic rings. The first-order valence-corrected chi connectivity index (χ1v) is 6.86. The fourth-order valence-corrected chi connectivity index (χ4v) is 1.67. The summed E-state index contributed by atoms with van der Waals surface area (Å²) in [6, 6.07) is 7.72. The summed E-state index contributed by atoms with van der Waals surface area (Å²) in [6.45, 7) is 3.88. The standard InChI is InChI=1S/C16H19F3O3/c1-3-12-7-9-13(10-8-12)6-4-5-11-22-14(20)15(2,21)16(17,18)19/h3,7-10,21H,1,4-6,11H2,2H3. The fourth-order valence-electron chi connectivity index (χ4n) is 1.67. The van der Waals surface area contributed by atoms with Crippen molar-refractivity contribution in [3.05, 3.63) is 42.0 Å². The summed E-state index contributed by atoms with van der Waals surface area (Å²) < 4.78 is 41.6. The van der Waals surface area contributed by atoms with Crippen LogP contribution in [0.2, 0.25) is 0 Å². The first-order valence-electron chi connectivity index (χ1n) is 6.86. The number of ether oxygens (including phenoxy) is 1. The van der Waals surface area contributed by atoms with E-state index >= 15 is 0 Å². The zero-order valence-corrected chi connectivity index (χ0v) is 12.3. The number of carbonyl (C=O) groups excluding carboxylic acids is 1. The quantitative estimate of drug-likeness (QED) is 0.618. The molecule has 1 unspecified atom stereocenters. The lowest BCUT2D eigenvalue weighted by Crippen LogP contribution is -2.50. The second-order valence-corrected chi connectivity index (χ2v) is 5.11. The van der Waals surface area contributed by atoms with Crippen molar-refractivity contribution < 1.29 is 27.8 Å². The third-order valence-electron chi connectivity index (χ3n) is 3.26. The van der Waals surface area contributed by atoms with Gasteiger partial charge in [-0.15, -0.1) is 0 Å². The summed E-state index contributed by atoms with van der Waals surface area (Å²) >= 11 is 0. The summed E-state index contributed by atoms with van der Waals surface area (Å²) in [5.74, 6) is -1.67. The average molecular weight is 316 g/mol. The fraction of sp³-hybridized carbons (Fsp3) is 0.438. The lowest BCUT2D eigenvalue weighted by molar-refractivity contribution is -0.256. The topological polar surface area (TPSA) is 46.5 Å². The molecule has 0 aliphatic carbocycles. The molecule has 0 fully saturated rings. The molecule has 0 saturated carbocycles. The SMILES string of the molecule is C=Cc1ccc(CCCCOC(=O)C(C)(O)C(F)(F)F)cc1. The second-order valence-electron chi connectivity index (χ2n) is 5.11. The Morgan fingerprint density at radius 1 is 1.27 bits per heavy atom. The molecule has 1 N–H and O–H groups in total. The van der Waals surface area contributed by atoms with Crippen LogP contribution in [0.4, 0.5) is 13.2 Å². The van der Waals surface area contributed by atoms with E-state index in [1.165, 1.54) is 0 Å². The normalized spacial score (nSPS) is 14.2. The average Bonchev–Trinajstić information content (AvgIpc) is 2.46. The monoisotopic (exact) mass is 316 g/mol. The molecule has 1 atom stereocenters. The molecule has 0 spiro atoms. The number of aliphatic hydroxyl groups is 1. The largest absolute Gasteiger partial charge is 0.463 e. The van der Waals surface area contributed by atoms with Gasteiger partial charge in [0.05, 0.1) is 6.61 Å². The highest BCUT2D eigenvalue weighted by Crippen LogP contribution is 2.30. The van der Waals surface area contributed by atoms with Crippen molar-refractivity contribution in [1.29, 1.82) is 0 Å². The highest BCUT2D eigenvalue weighted by atomic mass is 19.4. The number of unbranched alkanes of at least 4 members (excludes halogenated alkanes) is 1. The molecule has 0 heterocycles. The molecule has 0 aliphatic heterocycles. The molecule has 1 aromatic carbocycles.